The summed E-state index contributed by atoms with van der Waals surface area (Å²) < 4.78 is 0. The van der Waals surface area contributed by atoms with Crippen LogP contribution in [0.5, 0.6) is 0 Å². The summed E-state index contributed by atoms with van der Waals surface area (Å²) in [7, 11) is 2.18. The minimum Gasteiger partial charge on any atom is -0.370 e. The lowest BCUT2D eigenvalue weighted by molar-refractivity contribution is 0.269. The molecular weight excluding hydrogens is 236 g/mol. The maximum atomic E-state index is 4.26. The number of hydrogen-bond donors (Lipinski definition) is 1. The monoisotopic (exact) mass is 264 g/mol. The van der Waals surface area contributed by atoms with Crippen molar-refractivity contribution in [3.8, 4) is 0 Å². The van der Waals surface area contributed by atoms with Gasteiger partial charge in [0, 0.05) is 24.3 Å². The molecule has 0 atom stereocenters. The van der Waals surface area contributed by atoms with E-state index < -0.39 is 0 Å². The third-order valence-electron chi connectivity index (χ3n) is 3.36. The average Bonchev–Trinajstić information content (AvgIpc) is 2.39. The molecule has 0 radical (unpaired) electrons. The fourth-order valence-electron chi connectivity index (χ4n) is 1.85. The second-order valence-electron chi connectivity index (χ2n) is 5.35. The number of unbranched alkanes of at least 4 members (excludes halogenated alkanes) is 1. The Bertz CT molecular complexity index is 352. The molecule has 0 amide bonds. The van der Waals surface area contributed by atoms with Crippen molar-refractivity contribution in [2.75, 3.05) is 25.5 Å². The van der Waals surface area contributed by atoms with Crippen LogP contribution in [0.15, 0.2) is 12.4 Å². The van der Waals surface area contributed by atoms with Gasteiger partial charge in [-0.1, -0.05) is 13.3 Å². The number of nitrogens with zero attached hydrogens (tertiary/aromatic N) is 3. The second kappa shape index (κ2) is 8.86. The smallest absolute Gasteiger partial charge is 0.129 e. The van der Waals surface area contributed by atoms with Crippen molar-refractivity contribution in [3.05, 3.63) is 18.1 Å². The maximum Gasteiger partial charge on any atom is 0.129 e. The van der Waals surface area contributed by atoms with E-state index in [1.807, 2.05) is 0 Å². The van der Waals surface area contributed by atoms with Crippen LogP contribution in [0.3, 0.4) is 0 Å². The highest BCUT2D eigenvalue weighted by molar-refractivity contribution is 5.34. The zero-order valence-corrected chi connectivity index (χ0v) is 12.8. The molecule has 19 heavy (non-hydrogen) atoms. The van der Waals surface area contributed by atoms with Gasteiger partial charge < -0.3 is 10.2 Å². The van der Waals surface area contributed by atoms with E-state index in [-0.39, 0.29) is 0 Å². The Balaban J connectivity index is 2.20. The van der Waals surface area contributed by atoms with Gasteiger partial charge in [-0.15, -0.1) is 0 Å². The first kappa shape index (κ1) is 15.9. The van der Waals surface area contributed by atoms with E-state index in [9.17, 15) is 0 Å². The molecule has 0 aliphatic carbocycles. The van der Waals surface area contributed by atoms with Gasteiger partial charge in [0.2, 0.25) is 0 Å². The van der Waals surface area contributed by atoms with Gasteiger partial charge in [0.1, 0.15) is 12.1 Å². The lowest BCUT2D eigenvalue weighted by Crippen LogP contribution is -2.27. The molecule has 0 bridgehead atoms. The zero-order chi connectivity index (χ0) is 14.1. The first-order chi connectivity index (χ1) is 9.13. The first-order valence-electron chi connectivity index (χ1n) is 7.38. The molecule has 1 rings (SSSR count). The third-order valence-corrected chi connectivity index (χ3v) is 3.36. The number of hydrogen-bond acceptors (Lipinski definition) is 4. The van der Waals surface area contributed by atoms with Crippen molar-refractivity contribution in [3.63, 3.8) is 0 Å². The van der Waals surface area contributed by atoms with E-state index in [1.54, 1.807) is 6.33 Å². The maximum absolute atomic E-state index is 4.26. The highest BCUT2D eigenvalue weighted by Gasteiger charge is 2.02. The van der Waals surface area contributed by atoms with E-state index in [0.717, 1.165) is 37.4 Å². The van der Waals surface area contributed by atoms with E-state index in [4.69, 9.17) is 0 Å². The number of nitrogens with one attached hydrogen (secondary N) is 1. The van der Waals surface area contributed by atoms with Crippen LogP contribution in [0.2, 0.25) is 0 Å². The van der Waals surface area contributed by atoms with Crippen molar-refractivity contribution in [1.82, 2.24) is 14.9 Å². The van der Waals surface area contributed by atoms with Crippen molar-refractivity contribution < 1.29 is 0 Å². The Morgan fingerprint density at radius 3 is 2.74 bits per heavy atom. The number of aryl methyl sites for hydroxylation is 1. The number of anilines is 1. The summed E-state index contributed by atoms with van der Waals surface area (Å²) in [5.74, 6) is 0.954. The van der Waals surface area contributed by atoms with E-state index >= 15 is 0 Å². The highest BCUT2D eigenvalue weighted by atomic mass is 15.1. The van der Waals surface area contributed by atoms with Gasteiger partial charge in [0.15, 0.2) is 0 Å². The molecule has 1 N–H and O–H groups in total. The lowest BCUT2D eigenvalue weighted by Gasteiger charge is -2.20. The molecule has 4 nitrogen and oxygen atoms in total. The average molecular weight is 264 g/mol. The van der Waals surface area contributed by atoms with Crippen LogP contribution in [-0.2, 0) is 6.42 Å². The Labute approximate surface area is 117 Å². The quantitative estimate of drug-likeness (QED) is 0.696. The minimum atomic E-state index is 0.631. The highest BCUT2D eigenvalue weighted by Crippen LogP contribution is 2.06. The molecular formula is C15H28N4. The molecule has 1 heterocycles. The van der Waals surface area contributed by atoms with Crippen molar-refractivity contribution in [1.29, 1.82) is 0 Å². The topological polar surface area (TPSA) is 41.0 Å². The minimum absolute atomic E-state index is 0.631. The number of rotatable bonds is 9. The zero-order valence-electron chi connectivity index (χ0n) is 12.8. The molecule has 0 unspecified atom stereocenters. The summed E-state index contributed by atoms with van der Waals surface area (Å²) in [6, 6.07) is 2.69. The van der Waals surface area contributed by atoms with Crippen molar-refractivity contribution >= 4 is 5.82 Å². The molecule has 0 fully saturated rings. The summed E-state index contributed by atoms with van der Waals surface area (Å²) in [5, 5.41) is 3.38. The summed E-state index contributed by atoms with van der Waals surface area (Å²) in [4.78, 5) is 10.9. The molecule has 108 valence electrons. The molecule has 1 aromatic heterocycles. The molecule has 0 aliphatic rings. The van der Waals surface area contributed by atoms with E-state index in [2.05, 4.69) is 54.1 Å². The van der Waals surface area contributed by atoms with Crippen molar-refractivity contribution in [2.24, 2.45) is 0 Å². The van der Waals surface area contributed by atoms with Crippen LogP contribution in [-0.4, -0.2) is 41.0 Å². The van der Waals surface area contributed by atoms with Gasteiger partial charge in [-0.2, -0.15) is 0 Å². The van der Waals surface area contributed by atoms with Crippen LogP contribution >= 0.6 is 0 Å². The van der Waals surface area contributed by atoms with Crippen molar-refractivity contribution in [2.45, 2.75) is 52.5 Å². The summed E-state index contributed by atoms with van der Waals surface area (Å²) in [5.41, 5.74) is 1.12. The molecule has 0 aliphatic heterocycles. The first-order valence-corrected chi connectivity index (χ1v) is 7.38. The van der Waals surface area contributed by atoms with Gasteiger partial charge in [-0.05, 0) is 46.7 Å². The van der Waals surface area contributed by atoms with E-state index in [1.165, 1.54) is 12.8 Å². The Kier molecular flexibility index (Phi) is 7.41. The van der Waals surface area contributed by atoms with Gasteiger partial charge in [0.05, 0.1) is 0 Å². The fourth-order valence-corrected chi connectivity index (χ4v) is 1.85. The molecule has 0 aromatic carbocycles. The Morgan fingerprint density at radius 2 is 2.05 bits per heavy atom. The summed E-state index contributed by atoms with van der Waals surface area (Å²) >= 11 is 0. The molecule has 0 saturated heterocycles. The van der Waals surface area contributed by atoms with Gasteiger partial charge in [0.25, 0.3) is 0 Å². The normalized spacial score (nSPS) is 11.3. The fraction of sp³-hybridized carbons (Fsp3) is 0.733. The Morgan fingerprint density at radius 1 is 1.26 bits per heavy atom. The molecule has 4 heteroatoms. The standard InChI is InChI=1S/C15H28N4/c1-5-8-14-11-15(18-12-17-14)16-9-6-7-10-19(4)13(2)3/h11-13H,5-10H2,1-4H3,(H,16,17,18). The molecule has 0 spiro atoms. The summed E-state index contributed by atoms with van der Waals surface area (Å²) in [6.07, 6.45) is 6.19. The van der Waals surface area contributed by atoms with Gasteiger partial charge >= 0.3 is 0 Å². The summed E-state index contributed by atoms with van der Waals surface area (Å²) in [6.45, 7) is 8.77. The van der Waals surface area contributed by atoms with Crippen LogP contribution < -0.4 is 5.32 Å². The predicted molar refractivity (Wildman–Crippen MR) is 81.5 cm³/mol. The second-order valence-corrected chi connectivity index (χ2v) is 5.35. The largest absolute Gasteiger partial charge is 0.370 e. The van der Waals surface area contributed by atoms with E-state index in [0.29, 0.717) is 6.04 Å². The van der Waals surface area contributed by atoms with Gasteiger partial charge in [-0.3, -0.25) is 0 Å². The van der Waals surface area contributed by atoms with Crippen LogP contribution in [0.4, 0.5) is 5.82 Å². The molecule has 0 saturated carbocycles. The number of aromatic nitrogens is 2. The SMILES string of the molecule is CCCc1cc(NCCCCN(C)C(C)C)ncn1. The Hall–Kier alpha value is -1.16. The lowest BCUT2D eigenvalue weighted by atomic mass is 10.2. The van der Waals surface area contributed by atoms with Crippen LogP contribution in [0.25, 0.3) is 0 Å². The van der Waals surface area contributed by atoms with Crippen LogP contribution in [0, 0.1) is 0 Å². The van der Waals surface area contributed by atoms with Gasteiger partial charge in [-0.25, -0.2) is 9.97 Å². The van der Waals surface area contributed by atoms with Crippen LogP contribution in [0.1, 0.15) is 45.7 Å². The predicted octanol–water partition coefficient (Wildman–Crippen LogP) is 2.96. The molecule has 1 aromatic rings. The third kappa shape index (κ3) is 6.53.